The average Bonchev–Trinajstić information content (AvgIpc) is 3.58. The Morgan fingerprint density at radius 3 is 2.70 bits per heavy atom. The lowest BCUT2D eigenvalue weighted by Gasteiger charge is -2.28. The molecule has 2 N–H and O–H groups in total. The van der Waals surface area contributed by atoms with Crippen molar-refractivity contribution in [2.24, 2.45) is 0 Å². The van der Waals surface area contributed by atoms with Crippen LogP contribution in [0.1, 0.15) is 52.5 Å². The molecule has 0 bridgehead atoms. The van der Waals surface area contributed by atoms with Crippen molar-refractivity contribution in [3.05, 3.63) is 107 Å². The number of carbonyl (C=O) groups excluding carboxylic acids is 1. The van der Waals surface area contributed by atoms with Crippen LogP contribution in [0.2, 0.25) is 0 Å². The Morgan fingerprint density at radius 2 is 1.97 bits per heavy atom. The normalized spacial score (nSPS) is 17.2. The van der Waals surface area contributed by atoms with Crippen LogP contribution >= 0.6 is 12.2 Å². The molecule has 1 saturated heterocycles. The van der Waals surface area contributed by atoms with Crippen molar-refractivity contribution in [1.82, 2.24) is 19.8 Å². The molecule has 1 aromatic carbocycles. The summed E-state index contributed by atoms with van der Waals surface area (Å²) in [7, 11) is 0. The molecule has 1 fully saturated rings. The van der Waals surface area contributed by atoms with E-state index in [1.807, 2.05) is 61.5 Å². The Kier molecular flexibility index (Phi) is 7.10. The number of hydrogen-bond acceptors (Lipinski definition) is 4. The van der Waals surface area contributed by atoms with Crippen LogP contribution in [0.25, 0.3) is 0 Å². The van der Waals surface area contributed by atoms with Crippen LogP contribution in [0.3, 0.4) is 0 Å². The van der Waals surface area contributed by atoms with Crippen LogP contribution in [-0.4, -0.2) is 32.0 Å². The van der Waals surface area contributed by atoms with Gasteiger partial charge in [0.05, 0.1) is 30.6 Å². The highest BCUT2D eigenvalue weighted by Crippen LogP contribution is 2.41. The van der Waals surface area contributed by atoms with Gasteiger partial charge in [0.25, 0.3) is 0 Å². The molecule has 4 aromatic rings. The molecule has 1 amide bonds. The Morgan fingerprint density at radius 1 is 1.11 bits per heavy atom. The van der Waals surface area contributed by atoms with Crippen LogP contribution < -0.4 is 10.6 Å². The molecule has 5 rings (SSSR count). The van der Waals surface area contributed by atoms with Crippen molar-refractivity contribution in [1.29, 1.82) is 0 Å². The molecule has 7 nitrogen and oxygen atoms in total. The highest BCUT2D eigenvalue weighted by Gasteiger charge is 2.41. The number of aromatic nitrogens is 2. The molecule has 190 valence electrons. The topological polar surface area (TPSA) is 75.3 Å². The van der Waals surface area contributed by atoms with Crippen LogP contribution in [-0.2, 0) is 11.3 Å². The second-order valence-corrected chi connectivity index (χ2v) is 9.87. The molecular formula is C29H31N5O2S. The van der Waals surface area contributed by atoms with Gasteiger partial charge in [-0.1, -0.05) is 18.2 Å². The third kappa shape index (κ3) is 5.29. The number of amides is 1. The molecule has 1 aliphatic rings. The Hall–Kier alpha value is -3.91. The molecule has 0 radical (unpaired) electrons. The van der Waals surface area contributed by atoms with E-state index in [1.165, 1.54) is 0 Å². The number of nitrogens with zero attached hydrogens (tertiary/aromatic N) is 3. The smallest absolute Gasteiger partial charge is 0.226 e. The summed E-state index contributed by atoms with van der Waals surface area (Å²) in [6, 6.07) is 19.6. The molecular weight excluding hydrogens is 482 g/mol. The average molecular weight is 514 g/mol. The molecule has 1 aliphatic heterocycles. The number of benzene rings is 1. The monoisotopic (exact) mass is 513 g/mol. The molecule has 4 heterocycles. The number of hydrogen-bond donors (Lipinski definition) is 2. The van der Waals surface area contributed by atoms with Crippen LogP contribution in [0.4, 0.5) is 5.69 Å². The fraction of sp³-hybridized carbons (Fsp3) is 0.276. The molecule has 3 aromatic heterocycles. The van der Waals surface area contributed by atoms with Gasteiger partial charge in [0.1, 0.15) is 5.76 Å². The summed E-state index contributed by atoms with van der Waals surface area (Å²) in [6.07, 6.45) is 3.81. The van der Waals surface area contributed by atoms with Gasteiger partial charge in [0.15, 0.2) is 5.11 Å². The second kappa shape index (κ2) is 10.6. The van der Waals surface area contributed by atoms with Gasteiger partial charge in [0.2, 0.25) is 5.91 Å². The number of anilines is 1. The SMILES string of the molecule is Cc1cccc(NC(=O)CCN2C(=S)N[C@@H](c3ccccn3)[C@@H]2c2cc(C)n(Cc3ccco3)c2C)c1. The first-order valence-corrected chi connectivity index (χ1v) is 12.8. The number of pyridine rings is 1. The largest absolute Gasteiger partial charge is 0.467 e. The van der Waals surface area contributed by atoms with E-state index in [2.05, 4.69) is 45.0 Å². The number of furan rings is 1. The highest BCUT2D eigenvalue weighted by atomic mass is 32.1. The van der Waals surface area contributed by atoms with Gasteiger partial charge in [-0.25, -0.2) is 0 Å². The number of rotatable bonds is 8. The number of aryl methyl sites for hydroxylation is 2. The number of thiocarbonyl (C=S) groups is 1. The standard InChI is InChI=1S/C29H31N5O2S/c1-19-8-6-9-22(16-19)31-26(35)12-14-33-28(27(32-29(33)37)25-11-4-5-13-30-25)24-17-20(2)34(21(24)3)18-23-10-7-15-36-23/h4-11,13,15-17,27-28H,12,14,18H2,1-3H3,(H,31,35)(H,32,37)/t27-,28-/m0/s1. The lowest BCUT2D eigenvalue weighted by Crippen LogP contribution is -2.33. The summed E-state index contributed by atoms with van der Waals surface area (Å²) in [5.41, 5.74) is 6.25. The molecule has 37 heavy (non-hydrogen) atoms. The van der Waals surface area contributed by atoms with Gasteiger partial charge in [0, 0.05) is 36.2 Å². The van der Waals surface area contributed by atoms with Crippen LogP contribution in [0.5, 0.6) is 0 Å². The maximum atomic E-state index is 12.9. The zero-order chi connectivity index (χ0) is 25.9. The summed E-state index contributed by atoms with van der Waals surface area (Å²) in [4.78, 5) is 19.6. The summed E-state index contributed by atoms with van der Waals surface area (Å²) in [5.74, 6) is 0.857. The summed E-state index contributed by atoms with van der Waals surface area (Å²) in [6.45, 7) is 7.39. The third-order valence-corrected chi connectivity index (χ3v) is 7.26. The van der Waals surface area contributed by atoms with Gasteiger partial charge in [-0.15, -0.1) is 0 Å². The van der Waals surface area contributed by atoms with E-state index < -0.39 is 0 Å². The van der Waals surface area contributed by atoms with Gasteiger partial charge >= 0.3 is 0 Å². The maximum Gasteiger partial charge on any atom is 0.226 e. The highest BCUT2D eigenvalue weighted by molar-refractivity contribution is 7.80. The van der Waals surface area contributed by atoms with Crippen molar-refractivity contribution in [3.8, 4) is 0 Å². The van der Waals surface area contributed by atoms with Gasteiger partial charge in [-0.3, -0.25) is 9.78 Å². The van der Waals surface area contributed by atoms with Crippen molar-refractivity contribution in [3.63, 3.8) is 0 Å². The quantitative estimate of drug-likeness (QED) is 0.305. The van der Waals surface area contributed by atoms with E-state index in [0.717, 1.165) is 39.7 Å². The minimum atomic E-state index is -0.133. The molecule has 0 saturated carbocycles. The fourth-order valence-electron chi connectivity index (χ4n) is 5.08. The van der Waals surface area contributed by atoms with Crippen molar-refractivity contribution < 1.29 is 9.21 Å². The minimum absolute atomic E-state index is 0.0447. The first-order valence-electron chi connectivity index (χ1n) is 12.4. The van der Waals surface area contributed by atoms with Crippen LogP contribution in [0, 0.1) is 20.8 Å². The zero-order valence-electron chi connectivity index (χ0n) is 21.3. The first kappa shape index (κ1) is 24.8. The second-order valence-electron chi connectivity index (χ2n) is 9.48. The lowest BCUT2D eigenvalue weighted by atomic mass is 9.96. The fourth-order valence-corrected chi connectivity index (χ4v) is 5.41. The van der Waals surface area contributed by atoms with Crippen molar-refractivity contribution in [2.75, 3.05) is 11.9 Å². The zero-order valence-corrected chi connectivity index (χ0v) is 22.1. The molecule has 0 aliphatic carbocycles. The molecule has 8 heteroatoms. The van der Waals surface area contributed by atoms with E-state index in [1.54, 1.807) is 12.5 Å². The molecule has 0 spiro atoms. The Balaban J connectivity index is 1.42. The van der Waals surface area contributed by atoms with Gasteiger partial charge in [-0.2, -0.15) is 0 Å². The lowest BCUT2D eigenvalue weighted by molar-refractivity contribution is -0.116. The number of nitrogens with one attached hydrogen (secondary N) is 2. The van der Waals surface area contributed by atoms with Crippen LogP contribution in [0.15, 0.2) is 77.5 Å². The molecule has 0 unspecified atom stereocenters. The van der Waals surface area contributed by atoms with Gasteiger partial charge in [-0.05, 0) is 86.6 Å². The number of carbonyl (C=O) groups is 1. The van der Waals surface area contributed by atoms with E-state index in [0.29, 0.717) is 24.6 Å². The van der Waals surface area contributed by atoms with E-state index in [9.17, 15) is 4.79 Å². The van der Waals surface area contributed by atoms with Crippen molar-refractivity contribution in [2.45, 2.75) is 45.8 Å². The Labute approximate surface area is 222 Å². The first-order chi connectivity index (χ1) is 17.9. The van der Waals surface area contributed by atoms with E-state index in [-0.39, 0.29) is 18.0 Å². The summed E-state index contributed by atoms with van der Waals surface area (Å²) < 4.78 is 7.87. The minimum Gasteiger partial charge on any atom is -0.467 e. The van der Waals surface area contributed by atoms with E-state index >= 15 is 0 Å². The summed E-state index contributed by atoms with van der Waals surface area (Å²) in [5, 5.41) is 7.12. The van der Waals surface area contributed by atoms with Gasteiger partial charge < -0.3 is 24.5 Å². The predicted octanol–water partition coefficient (Wildman–Crippen LogP) is 5.45. The maximum absolute atomic E-state index is 12.9. The summed E-state index contributed by atoms with van der Waals surface area (Å²) >= 11 is 5.80. The van der Waals surface area contributed by atoms with E-state index in [4.69, 9.17) is 16.6 Å². The Bertz CT molecular complexity index is 1400. The predicted molar refractivity (Wildman–Crippen MR) is 148 cm³/mol. The van der Waals surface area contributed by atoms with Crippen molar-refractivity contribution >= 4 is 28.9 Å². The third-order valence-electron chi connectivity index (χ3n) is 6.90. The molecule has 2 atom stereocenters.